The number of piperidine rings is 1. The molecule has 9 nitrogen and oxygen atoms in total. The Morgan fingerprint density at radius 2 is 2.15 bits per heavy atom. The highest BCUT2D eigenvalue weighted by Crippen LogP contribution is 2.38. The number of likely N-dealkylation sites (tertiary alicyclic amines) is 1. The van der Waals surface area contributed by atoms with E-state index in [-0.39, 0.29) is 38.4 Å². The molecule has 3 heterocycles. The number of esters is 1. The van der Waals surface area contributed by atoms with Gasteiger partial charge in [-0.05, 0) is 37.6 Å². The van der Waals surface area contributed by atoms with Crippen LogP contribution in [0.1, 0.15) is 30.0 Å². The van der Waals surface area contributed by atoms with Crippen molar-refractivity contribution < 1.29 is 37.3 Å². The molecule has 218 valence electrons. The number of hydrogen-bond acceptors (Lipinski definition) is 10. The minimum absolute atomic E-state index is 0.00857. The molecule has 14 heteroatoms. The van der Waals surface area contributed by atoms with E-state index >= 15 is 0 Å². The number of aliphatic imine (C=N–C) groups is 1. The van der Waals surface area contributed by atoms with Crippen LogP contribution in [-0.4, -0.2) is 85.6 Å². The summed E-state index contributed by atoms with van der Waals surface area (Å²) in [5, 5.41) is 12.5. The minimum atomic E-state index is -3.06. The van der Waals surface area contributed by atoms with Crippen LogP contribution >= 0.6 is 27.3 Å². The van der Waals surface area contributed by atoms with Crippen LogP contribution in [0.4, 0.5) is 13.2 Å². The van der Waals surface area contributed by atoms with E-state index in [2.05, 4.69) is 26.2 Å². The molecular formula is C26H30BrF3N4O5S. The molecule has 2 aromatic rings. The van der Waals surface area contributed by atoms with Gasteiger partial charge in [0, 0.05) is 41.3 Å². The SMILES string of the molecule is CCOC(=O)C1=C(CN2CCC(COCC=O)C(F)(F)C2)NC(c2nccs2)=N[C@H]1c1ccc(F)cc1Br.CO. The maximum absolute atomic E-state index is 15.0. The lowest BCUT2D eigenvalue weighted by atomic mass is 9.92. The first-order valence-corrected chi connectivity index (χ1v) is 14.1. The van der Waals surface area contributed by atoms with Gasteiger partial charge in [-0.3, -0.25) is 9.89 Å². The van der Waals surface area contributed by atoms with Gasteiger partial charge in [0.2, 0.25) is 0 Å². The second kappa shape index (κ2) is 14.8. The Morgan fingerprint density at radius 1 is 1.38 bits per heavy atom. The Labute approximate surface area is 242 Å². The molecule has 0 bridgehead atoms. The van der Waals surface area contributed by atoms with E-state index in [0.29, 0.717) is 39.4 Å². The van der Waals surface area contributed by atoms with Crippen LogP contribution in [0.5, 0.6) is 0 Å². The molecule has 4 rings (SSSR count). The quantitative estimate of drug-likeness (QED) is 0.228. The number of carbonyl (C=O) groups is 2. The van der Waals surface area contributed by atoms with Gasteiger partial charge in [-0.1, -0.05) is 22.0 Å². The highest BCUT2D eigenvalue weighted by molar-refractivity contribution is 9.10. The number of alkyl halides is 2. The number of aliphatic hydroxyl groups is 1. The monoisotopic (exact) mass is 646 g/mol. The summed E-state index contributed by atoms with van der Waals surface area (Å²) in [6.45, 7) is 1.08. The number of carbonyl (C=O) groups excluding carboxylic acids is 2. The normalized spacial score (nSPS) is 20.6. The maximum atomic E-state index is 15.0. The Balaban J connectivity index is 0.00000216. The zero-order valence-electron chi connectivity index (χ0n) is 21.9. The topological polar surface area (TPSA) is 113 Å². The zero-order chi connectivity index (χ0) is 29.3. The third-order valence-corrected chi connectivity index (χ3v) is 7.69. The minimum Gasteiger partial charge on any atom is -0.463 e. The number of nitrogens with one attached hydrogen (secondary N) is 1. The first-order valence-electron chi connectivity index (χ1n) is 12.4. The van der Waals surface area contributed by atoms with Crippen molar-refractivity contribution in [3.8, 4) is 0 Å². The summed E-state index contributed by atoms with van der Waals surface area (Å²) in [6, 6.07) is 3.17. The fourth-order valence-corrected chi connectivity index (χ4v) is 5.60. The smallest absolute Gasteiger partial charge is 0.338 e. The summed E-state index contributed by atoms with van der Waals surface area (Å²) in [6.07, 6.45) is 2.28. The van der Waals surface area contributed by atoms with Gasteiger partial charge in [0.1, 0.15) is 24.8 Å². The molecule has 1 unspecified atom stereocenters. The van der Waals surface area contributed by atoms with Crippen LogP contribution in [0, 0.1) is 11.7 Å². The van der Waals surface area contributed by atoms with Crippen molar-refractivity contribution in [1.29, 1.82) is 0 Å². The van der Waals surface area contributed by atoms with Gasteiger partial charge in [0.25, 0.3) is 5.92 Å². The molecule has 1 saturated heterocycles. The summed E-state index contributed by atoms with van der Waals surface area (Å²) in [7, 11) is 1.00. The Kier molecular flexibility index (Phi) is 11.8. The van der Waals surface area contributed by atoms with Gasteiger partial charge in [0.05, 0.1) is 25.3 Å². The molecule has 1 aromatic carbocycles. The molecule has 1 fully saturated rings. The second-order valence-electron chi connectivity index (χ2n) is 8.78. The lowest BCUT2D eigenvalue weighted by Crippen LogP contribution is -2.51. The number of thiazole rings is 1. The van der Waals surface area contributed by atoms with Crippen molar-refractivity contribution in [2.45, 2.75) is 25.3 Å². The fourth-order valence-electron chi connectivity index (χ4n) is 4.45. The Morgan fingerprint density at radius 3 is 2.77 bits per heavy atom. The van der Waals surface area contributed by atoms with E-state index in [9.17, 15) is 22.8 Å². The molecule has 0 radical (unpaired) electrons. The first-order chi connectivity index (χ1) is 19.2. The summed E-state index contributed by atoms with van der Waals surface area (Å²) in [5.74, 6) is -4.84. The number of aldehydes is 1. The van der Waals surface area contributed by atoms with E-state index in [1.54, 1.807) is 23.4 Å². The predicted molar refractivity (Wildman–Crippen MR) is 147 cm³/mol. The molecule has 2 aliphatic rings. The number of amidine groups is 1. The van der Waals surface area contributed by atoms with Crippen molar-refractivity contribution in [3.63, 3.8) is 0 Å². The van der Waals surface area contributed by atoms with E-state index in [1.807, 2.05) is 0 Å². The van der Waals surface area contributed by atoms with Crippen LogP contribution in [0.25, 0.3) is 0 Å². The van der Waals surface area contributed by atoms with Crippen molar-refractivity contribution in [3.05, 3.63) is 61.9 Å². The fraction of sp³-hybridized carbons (Fsp3) is 0.462. The van der Waals surface area contributed by atoms with Gasteiger partial charge < -0.3 is 24.7 Å². The molecule has 1 aromatic heterocycles. The molecular weight excluding hydrogens is 617 g/mol. The molecule has 2 atom stereocenters. The average molecular weight is 648 g/mol. The van der Waals surface area contributed by atoms with Gasteiger partial charge >= 0.3 is 5.97 Å². The summed E-state index contributed by atoms with van der Waals surface area (Å²) in [5.41, 5.74) is 1.02. The Bertz CT molecular complexity index is 1230. The largest absolute Gasteiger partial charge is 0.463 e. The van der Waals surface area contributed by atoms with E-state index in [0.717, 1.165) is 7.11 Å². The van der Waals surface area contributed by atoms with Crippen LogP contribution in [-0.2, 0) is 19.1 Å². The molecule has 2 aliphatic heterocycles. The Hall–Kier alpha value is -2.65. The highest BCUT2D eigenvalue weighted by atomic mass is 79.9. The number of rotatable bonds is 10. The van der Waals surface area contributed by atoms with Gasteiger partial charge in [-0.15, -0.1) is 11.3 Å². The van der Waals surface area contributed by atoms with Crippen molar-refractivity contribution in [2.24, 2.45) is 10.9 Å². The van der Waals surface area contributed by atoms with Crippen molar-refractivity contribution >= 4 is 45.4 Å². The third kappa shape index (κ3) is 7.75. The number of nitrogens with zero attached hydrogens (tertiary/aromatic N) is 3. The number of benzene rings is 1. The van der Waals surface area contributed by atoms with Crippen LogP contribution in [0.15, 0.2) is 50.5 Å². The summed E-state index contributed by atoms with van der Waals surface area (Å²) >= 11 is 4.70. The number of ether oxygens (including phenoxy) is 2. The van der Waals surface area contributed by atoms with Gasteiger partial charge in [-0.25, -0.2) is 22.9 Å². The van der Waals surface area contributed by atoms with Crippen molar-refractivity contribution in [1.82, 2.24) is 15.2 Å². The number of hydrogen-bond donors (Lipinski definition) is 2. The predicted octanol–water partition coefficient (Wildman–Crippen LogP) is 3.73. The number of aliphatic hydroxyl groups excluding tert-OH is 1. The summed E-state index contributed by atoms with van der Waals surface area (Å²) in [4.78, 5) is 34.3. The molecule has 40 heavy (non-hydrogen) atoms. The molecule has 0 saturated carbocycles. The number of aromatic nitrogens is 1. The lowest BCUT2D eigenvalue weighted by molar-refractivity contribution is -0.139. The van der Waals surface area contributed by atoms with Gasteiger partial charge in [-0.2, -0.15) is 0 Å². The van der Waals surface area contributed by atoms with Gasteiger partial charge in [0.15, 0.2) is 10.8 Å². The van der Waals surface area contributed by atoms with Crippen molar-refractivity contribution in [2.75, 3.05) is 46.6 Å². The molecule has 0 aliphatic carbocycles. The number of halogens is 4. The average Bonchev–Trinajstić information content (AvgIpc) is 3.46. The van der Waals surface area contributed by atoms with Crippen LogP contribution in [0.2, 0.25) is 0 Å². The van der Waals surface area contributed by atoms with E-state index in [1.165, 1.54) is 29.5 Å². The van der Waals surface area contributed by atoms with Crippen LogP contribution in [0.3, 0.4) is 0 Å². The zero-order valence-corrected chi connectivity index (χ0v) is 24.3. The second-order valence-corrected chi connectivity index (χ2v) is 10.5. The first kappa shape index (κ1) is 31.9. The van der Waals surface area contributed by atoms with E-state index < -0.39 is 36.2 Å². The van der Waals surface area contributed by atoms with Crippen LogP contribution < -0.4 is 5.32 Å². The maximum Gasteiger partial charge on any atom is 0.338 e. The summed E-state index contributed by atoms with van der Waals surface area (Å²) < 4.78 is 54.7. The molecule has 2 N–H and O–H groups in total. The highest BCUT2D eigenvalue weighted by Gasteiger charge is 2.45. The van der Waals surface area contributed by atoms with E-state index in [4.69, 9.17) is 19.6 Å². The molecule has 0 amide bonds. The molecule has 0 spiro atoms. The lowest BCUT2D eigenvalue weighted by Gasteiger charge is -2.39. The standard InChI is InChI=1S/C25H26BrF3N4O4S.CH4O/c1-2-37-24(35)20-19(12-33-7-5-15(13-36-9-8-34)25(28,29)14-33)31-22(23-30-6-10-38-23)32-21(20)17-4-3-16(27)11-18(17)26;1-2/h3-4,6,8,10-11,15,21H,2,5,7,9,12-14H2,1H3,(H,31,32);2H,1H3/t15?,21-;/m0./s1. The third-order valence-electron chi connectivity index (χ3n) is 6.23.